The van der Waals surface area contributed by atoms with Gasteiger partial charge in [0, 0.05) is 38.3 Å². The van der Waals surface area contributed by atoms with E-state index in [1.165, 1.54) is 0 Å². The summed E-state index contributed by atoms with van der Waals surface area (Å²) in [5, 5.41) is 18.0. The van der Waals surface area contributed by atoms with E-state index in [9.17, 15) is 5.11 Å². The molecule has 82 valence electrons. The van der Waals surface area contributed by atoms with Gasteiger partial charge >= 0.3 is 0 Å². The third-order valence-corrected chi connectivity index (χ3v) is 3.35. The number of likely N-dealkylation sites (tertiary alicyclic amines) is 1. The molecule has 2 rings (SSSR count). The van der Waals surface area contributed by atoms with Gasteiger partial charge in [-0.15, -0.1) is 0 Å². The quantitative estimate of drug-likeness (QED) is 0.643. The molecule has 0 saturated carbocycles. The predicted octanol–water partition coefficient (Wildman–Crippen LogP) is -0.548. The minimum atomic E-state index is -0.577. The Labute approximate surface area is 84.5 Å². The molecule has 0 aromatic rings. The van der Waals surface area contributed by atoms with Crippen LogP contribution >= 0.6 is 0 Å². The number of nitrogens with zero attached hydrogens (tertiary/aromatic N) is 1. The number of ether oxygens (including phenoxy) is 1. The average Bonchev–Trinajstić information content (AvgIpc) is 2.17. The molecule has 0 aromatic carbocycles. The topological polar surface area (TPSA) is 52.9 Å². The van der Waals surface area contributed by atoms with Gasteiger partial charge in [-0.05, 0) is 12.8 Å². The zero-order valence-electron chi connectivity index (χ0n) is 8.48. The maximum absolute atomic E-state index is 9.26. The van der Waals surface area contributed by atoms with Crippen molar-refractivity contribution in [3.05, 3.63) is 0 Å². The molecule has 0 aliphatic carbocycles. The van der Waals surface area contributed by atoms with Crippen molar-refractivity contribution in [2.45, 2.75) is 18.9 Å². The summed E-state index contributed by atoms with van der Waals surface area (Å²) in [6, 6.07) is 0. The fourth-order valence-corrected chi connectivity index (χ4v) is 2.51. The zero-order chi connectivity index (χ0) is 10.0. The van der Waals surface area contributed by atoms with Crippen LogP contribution in [0.25, 0.3) is 0 Å². The number of β-amino-alcohol motifs (C(OH)–C–C–N with tert-alkyl or cyclic N) is 1. The Morgan fingerprint density at radius 3 is 2.50 bits per heavy atom. The van der Waals surface area contributed by atoms with Crippen LogP contribution in [0.5, 0.6) is 0 Å². The second kappa shape index (κ2) is 4.14. The molecule has 1 spiro atoms. The molecule has 0 radical (unpaired) electrons. The highest BCUT2D eigenvalue weighted by Crippen LogP contribution is 2.39. The predicted molar refractivity (Wildman–Crippen MR) is 52.0 cm³/mol. The van der Waals surface area contributed by atoms with Gasteiger partial charge in [-0.3, -0.25) is 4.90 Å². The maximum Gasteiger partial charge on any atom is 0.0897 e. The van der Waals surface area contributed by atoms with Crippen LogP contribution in [0.2, 0.25) is 0 Å². The number of rotatable bonds is 3. The van der Waals surface area contributed by atoms with Crippen molar-refractivity contribution in [1.29, 1.82) is 0 Å². The lowest BCUT2D eigenvalue weighted by Crippen LogP contribution is -2.60. The third kappa shape index (κ3) is 2.08. The van der Waals surface area contributed by atoms with Crippen LogP contribution in [-0.4, -0.2) is 60.7 Å². The van der Waals surface area contributed by atoms with Crippen LogP contribution in [0.1, 0.15) is 12.8 Å². The molecule has 2 heterocycles. The number of aliphatic hydroxyl groups is 2. The molecule has 2 aliphatic heterocycles. The number of aliphatic hydroxyl groups excluding tert-OH is 2. The van der Waals surface area contributed by atoms with Crippen LogP contribution in [-0.2, 0) is 4.74 Å². The SMILES string of the molecule is OCC(O)CN1CC2(CCOCC2)C1. The largest absolute Gasteiger partial charge is 0.394 e. The fraction of sp³-hybridized carbons (Fsp3) is 1.00. The zero-order valence-corrected chi connectivity index (χ0v) is 8.48. The minimum Gasteiger partial charge on any atom is -0.394 e. The van der Waals surface area contributed by atoms with Gasteiger partial charge in [-0.2, -0.15) is 0 Å². The summed E-state index contributed by atoms with van der Waals surface area (Å²) in [6.07, 6.45) is 1.73. The van der Waals surface area contributed by atoms with Crippen molar-refractivity contribution >= 4 is 0 Å². The molecular weight excluding hydrogens is 182 g/mol. The molecule has 2 N–H and O–H groups in total. The molecule has 0 aromatic heterocycles. The molecule has 14 heavy (non-hydrogen) atoms. The van der Waals surface area contributed by atoms with Crippen molar-refractivity contribution in [1.82, 2.24) is 4.90 Å². The van der Waals surface area contributed by atoms with Crippen molar-refractivity contribution < 1.29 is 14.9 Å². The van der Waals surface area contributed by atoms with Gasteiger partial charge in [0.15, 0.2) is 0 Å². The second-order valence-electron chi connectivity index (χ2n) is 4.62. The molecule has 1 unspecified atom stereocenters. The molecule has 0 amide bonds. The third-order valence-electron chi connectivity index (χ3n) is 3.35. The van der Waals surface area contributed by atoms with Crippen molar-refractivity contribution in [3.8, 4) is 0 Å². The molecule has 4 heteroatoms. The Morgan fingerprint density at radius 1 is 1.29 bits per heavy atom. The lowest BCUT2D eigenvalue weighted by atomic mass is 9.73. The number of hydrogen-bond acceptors (Lipinski definition) is 4. The van der Waals surface area contributed by atoms with E-state index < -0.39 is 6.10 Å². The van der Waals surface area contributed by atoms with E-state index in [4.69, 9.17) is 9.84 Å². The maximum atomic E-state index is 9.26. The van der Waals surface area contributed by atoms with E-state index in [-0.39, 0.29) is 6.61 Å². The molecule has 2 aliphatic rings. The summed E-state index contributed by atoms with van der Waals surface area (Å²) in [5.74, 6) is 0. The normalized spacial score (nSPS) is 28.7. The second-order valence-corrected chi connectivity index (χ2v) is 4.62. The Hall–Kier alpha value is -0.160. The first-order chi connectivity index (χ1) is 6.74. The van der Waals surface area contributed by atoms with Gasteiger partial charge in [-0.25, -0.2) is 0 Å². The van der Waals surface area contributed by atoms with Gasteiger partial charge in [0.25, 0.3) is 0 Å². The molecular formula is C10H19NO3. The number of hydrogen-bond donors (Lipinski definition) is 2. The van der Waals surface area contributed by atoms with Gasteiger partial charge in [0.1, 0.15) is 0 Å². The highest BCUT2D eigenvalue weighted by molar-refractivity contribution is 4.96. The first-order valence-corrected chi connectivity index (χ1v) is 5.33. The fourth-order valence-electron chi connectivity index (χ4n) is 2.51. The molecule has 2 saturated heterocycles. The summed E-state index contributed by atoms with van der Waals surface area (Å²) in [5.41, 5.74) is 0.466. The summed E-state index contributed by atoms with van der Waals surface area (Å²) in [4.78, 5) is 2.21. The van der Waals surface area contributed by atoms with Gasteiger partial charge in [-0.1, -0.05) is 0 Å². The highest BCUT2D eigenvalue weighted by Gasteiger charge is 2.43. The lowest BCUT2D eigenvalue weighted by molar-refractivity contribution is -0.0945. The Balaban J connectivity index is 1.72. The van der Waals surface area contributed by atoms with Gasteiger partial charge in [0.05, 0.1) is 12.7 Å². The Bertz CT molecular complexity index is 184. The van der Waals surface area contributed by atoms with Crippen molar-refractivity contribution in [2.24, 2.45) is 5.41 Å². The summed E-state index contributed by atoms with van der Waals surface area (Å²) in [7, 11) is 0. The molecule has 4 nitrogen and oxygen atoms in total. The standard InChI is InChI=1S/C10H19NO3/c12-6-9(13)5-11-7-10(8-11)1-3-14-4-2-10/h9,12-13H,1-8H2. The Morgan fingerprint density at radius 2 is 1.93 bits per heavy atom. The van der Waals surface area contributed by atoms with Crippen molar-refractivity contribution in [3.63, 3.8) is 0 Å². The summed E-state index contributed by atoms with van der Waals surface area (Å²) < 4.78 is 5.33. The summed E-state index contributed by atoms with van der Waals surface area (Å²) >= 11 is 0. The van der Waals surface area contributed by atoms with Gasteiger partial charge in [0.2, 0.25) is 0 Å². The summed E-state index contributed by atoms with van der Waals surface area (Å²) in [6.45, 7) is 4.37. The van der Waals surface area contributed by atoms with Crippen LogP contribution in [0.4, 0.5) is 0 Å². The molecule has 1 atom stereocenters. The van der Waals surface area contributed by atoms with Crippen molar-refractivity contribution in [2.75, 3.05) is 39.5 Å². The van der Waals surface area contributed by atoms with E-state index in [1.807, 2.05) is 0 Å². The lowest BCUT2D eigenvalue weighted by Gasteiger charge is -2.52. The van der Waals surface area contributed by atoms with Crippen LogP contribution in [0.15, 0.2) is 0 Å². The van der Waals surface area contributed by atoms with E-state index in [2.05, 4.69) is 4.90 Å². The van der Waals surface area contributed by atoms with Gasteiger partial charge < -0.3 is 14.9 Å². The minimum absolute atomic E-state index is 0.132. The first-order valence-electron chi connectivity index (χ1n) is 5.33. The first kappa shape index (κ1) is 10.4. The Kier molecular flexibility index (Phi) is 3.07. The molecule has 0 bridgehead atoms. The van der Waals surface area contributed by atoms with E-state index in [1.54, 1.807) is 0 Å². The molecule has 2 fully saturated rings. The van der Waals surface area contributed by atoms with E-state index >= 15 is 0 Å². The van der Waals surface area contributed by atoms with Crippen LogP contribution < -0.4 is 0 Å². The average molecular weight is 201 g/mol. The monoisotopic (exact) mass is 201 g/mol. The van der Waals surface area contributed by atoms with Crippen LogP contribution in [0.3, 0.4) is 0 Å². The van der Waals surface area contributed by atoms with E-state index in [0.717, 1.165) is 39.1 Å². The van der Waals surface area contributed by atoms with E-state index in [0.29, 0.717) is 12.0 Å². The smallest absolute Gasteiger partial charge is 0.0897 e. The highest BCUT2D eigenvalue weighted by atomic mass is 16.5. The van der Waals surface area contributed by atoms with Crippen LogP contribution in [0, 0.1) is 5.41 Å².